The van der Waals surface area contributed by atoms with Crippen LogP contribution >= 0.6 is 0 Å². The lowest BCUT2D eigenvalue weighted by atomic mass is 10.0. The molecule has 1 aliphatic heterocycles. The number of aliphatic carboxylic acids is 1. The van der Waals surface area contributed by atoms with Crippen molar-refractivity contribution in [1.29, 1.82) is 0 Å². The summed E-state index contributed by atoms with van der Waals surface area (Å²) in [7, 11) is 0. The third kappa shape index (κ3) is 3.13. The van der Waals surface area contributed by atoms with Gasteiger partial charge in [0, 0.05) is 24.3 Å². The molecule has 0 aliphatic carbocycles. The van der Waals surface area contributed by atoms with Crippen molar-refractivity contribution in [2.75, 3.05) is 18.8 Å². The summed E-state index contributed by atoms with van der Waals surface area (Å²) in [6.07, 6.45) is -0.418. The van der Waals surface area contributed by atoms with Crippen molar-refractivity contribution in [3.63, 3.8) is 0 Å². The Labute approximate surface area is 121 Å². The number of carboxylic acids is 1. The Morgan fingerprint density at radius 2 is 2.19 bits per heavy atom. The van der Waals surface area contributed by atoms with Crippen molar-refractivity contribution >= 4 is 23.5 Å². The monoisotopic (exact) mass is 291 g/mol. The second-order valence-electron chi connectivity index (χ2n) is 4.97. The SMILES string of the molecule is Cc1ccc(C(=O)N2CCNC(=O)C2CC(=O)O)cc1N. The van der Waals surface area contributed by atoms with E-state index in [0.29, 0.717) is 17.8 Å². The van der Waals surface area contributed by atoms with Gasteiger partial charge in [-0.3, -0.25) is 14.4 Å². The zero-order valence-corrected chi connectivity index (χ0v) is 11.6. The van der Waals surface area contributed by atoms with E-state index in [4.69, 9.17) is 10.8 Å². The predicted octanol–water partition coefficient (Wildman–Crippen LogP) is -0.00748. The van der Waals surface area contributed by atoms with Crippen LogP contribution in [0.1, 0.15) is 22.3 Å². The number of rotatable bonds is 3. The quantitative estimate of drug-likeness (QED) is 0.678. The standard InChI is InChI=1S/C14H17N3O4/c1-8-2-3-9(6-10(8)15)14(21)17-5-4-16-13(20)11(17)7-12(18)19/h2-3,6,11H,4-5,7,15H2,1H3,(H,16,20)(H,18,19). The van der Waals surface area contributed by atoms with Crippen LogP contribution in [0.4, 0.5) is 5.69 Å². The fourth-order valence-corrected chi connectivity index (χ4v) is 2.27. The summed E-state index contributed by atoms with van der Waals surface area (Å²) in [5, 5.41) is 11.5. The van der Waals surface area contributed by atoms with Crippen molar-refractivity contribution in [3.05, 3.63) is 29.3 Å². The fraction of sp³-hybridized carbons (Fsp3) is 0.357. The summed E-state index contributed by atoms with van der Waals surface area (Å²) in [6, 6.07) is 3.89. The summed E-state index contributed by atoms with van der Waals surface area (Å²) in [4.78, 5) is 36.5. The Kier molecular flexibility index (Phi) is 4.11. The van der Waals surface area contributed by atoms with Crippen LogP contribution in [0, 0.1) is 6.92 Å². The molecule has 1 fully saturated rings. The number of amides is 2. The van der Waals surface area contributed by atoms with E-state index in [0.717, 1.165) is 5.56 Å². The van der Waals surface area contributed by atoms with Gasteiger partial charge in [0.25, 0.3) is 5.91 Å². The van der Waals surface area contributed by atoms with Crippen LogP contribution in [0.2, 0.25) is 0 Å². The van der Waals surface area contributed by atoms with Crippen molar-refractivity contribution in [2.24, 2.45) is 0 Å². The van der Waals surface area contributed by atoms with Crippen molar-refractivity contribution < 1.29 is 19.5 Å². The zero-order valence-electron chi connectivity index (χ0n) is 11.6. The molecule has 1 heterocycles. The van der Waals surface area contributed by atoms with Crippen LogP contribution < -0.4 is 11.1 Å². The second-order valence-corrected chi connectivity index (χ2v) is 4.97. The van der Waals surface area contributed by atoms with Crippen molar-refractivity contribution in [3.8, 4) is 0 Å². The summed E-state index contributed by atoms with van der Waals surface area (Å²) < 4.78 is 0. The topological polar surface area (TPSA) is 113 Å². The van der Waals surface area contributed by atoms with Gasteiger partial charge in [-0.05, 0) is 24.6 Å². The number of nitrogen functional groups attached to an aromatic ring is 1. The molecular weight excluding hydrogens is 274 g/mol. The first-order valence-corrected chi connectivity index (χ1v) is 6.56. The molecule has 21 heavy (non-hydrogen) atoms. The molecule has 0 spiro atoms. The van der Waals surface area contributed by atoms with E-state index in [1.54, 1.807) is 18.2 Å². The maximum atomic E-state index is 12.5. The highest BCUT2D eigenvalue weighted by atomic mass is 16.4. The Bertz CT molecular complexity index is 600. The largest absolute Gasteiger partial charge is 0.481 e. The highest BCUT2D eigenvalue weighted by Crippen LogP contribution is 2.18. The molecule has 1 aliphatic rings. The average Bonchev–Trinajstić information content (AvgIpc) is 2.43. The normalized spacial score (nSPS) is 18.2. The minimum atomic E-state index is -1.13. The first-order chi connectivity index (χ1) is 9.90. The number of aryl methyl sites for hydroxylation is 1. The van der Waals surface area contributed by atoms with E-state index < -0.39 is 24.3 Å². The molecule has 0 bridgehead atoms. The zero-order chi connectivity index (χ0) is 15.6. The maximum absolute atomic E-state index is 12.5. The van der Waals surface area contributed by atoms with E-state index >= 15 is 0 Å². The molecule has 0 radical (unpaired) electrons. The van der Waals surface area contributed by atoms with Gasteiger partial charge in [0.1, 0.15) is 6.04 Å². The van der Waals surface area contributed by atoms with Gasteiger partial charge in [0.05, 0.1) is 6.42 Å². The Hall–Kier alpha value is -2.57. The molecule has 1 aromatic carbocycles. The molecular formula is C14H17N3O4. The first-order valence-electron chi connectivity index (χ1n) is 6.56. The van der Waals surface area contributed by atoms with Crippen LogP contribution in [0.5, 0.6) is 0 Å². The Balaban J connectivity index is 2.27. The molecule has 1 aromatic rings. The van der Waals surface area contributed by atoms with E-state index in [-0.39, 0.29) is 12.5 Å². The maximum Gasteiger partial charge on any atom is 0.305 e. The van der Waals surface area contributed by atoms with E-state index in [2.05, 4.69) is 5.32 Å². The number of anilines is 1. The molecule has 1 saturated heterocycles. The molecule has 0 aromatic heterocycles. The van der Waals surface area contributed by atoms with Crippen LogP contribution in [0.15, 0.2) is 18.2 Å². The van der Waals surface area contributed by atoms with E-state index in [9.17, 15) is 14.4 Å². The molecule has 7 nitrogen and oxygen atoms in total. The highest BCUT2D eigenvalue weighted by Gasteiger charge is 2.35. The van der Waals surface area contributed by atoms with E-state index in [1.807, 2.05) is 6.92 Å². The molecule has 1 atom stereocenters. The van der Waals surface area contributed by atoms with Gasteiger partial charge in [-0.15, -0.1) is 0 Å². The lowest BCUT2D eigenvalue weighted by Gasteiger charge is -2.34. The summed E-state index contributed by atoms with van der Waals surface area (Å²) in [6.45, 7) is 2.41. The number of piperazine rings is 1. The number of carbonyl (C=O) groups is 3. The van der Waals surface area contributed by atoms with Gasteiger partial charge in [0.2, 0.25) is 5.91 Å². The van der Waals surface area contributed by atoms with Gasteiger partial charge in [-0.1, -0.05) is 6.07 Å². The van der Waals surface area contributed by atoms with Crippen LogP contribution in [0.25, 0.3) is 0 Å². The molecule has 4 N–H and O–H groups in total. The van der Waals surface area contributed by atoms with Gasteiger partial charge < -0.3 is 21.1 Å². The molecule has 7 heteroatoms. The molecule has 112 valence electrons. The predicted molar refractivity (Wildman–Crippen MR) is 75.7 cm³/mol. The van der Waals surface area contributed by atoms with Gasteiger partial charge in [-0.25, -0.2) is 0 Å². The van der Waals surface area contributed by atoms with Crippen molar-refractivity contribution in [1.82, 2.24) is 10.2 Å². The Morgan fingerprint density at radius 1 is 1.48 bits per heavy atom. The van der Waals surface area contributed by atoms with Gasteiger partial charge in [-0.2, -0.15) is 0 Å². The van der Waals surface area contributed by atoms with E-state index in [1.165, 1.54) is 4.90 Å². The third-order valence-electron chi connectivity index (χ3n) is 3.49. The number of hydrogen-bond donors (Lipinski definition) is 3. The highest BCUT2D eigenvalue weighted by molar-refractivity contribution is 5.99. The van der Waals surface area contributed by atoms with Crippen molar-refractivity contribution in [2.45, 2.75) is 19.4 Å². The molecule has 1 unspecified atom stereocenters. The lowest BCUT2D eigenvalue weighted by Crippen LogP contribution is -2.57. The van der Waals surface area contributed by atoms with Crippen LogP contribution in [-0.4, -0.2) is 46.9 Å². The second kappa shape index (κ2) is 5.82. The molecule has 0 saturated carbocycles. The van der Waals surface area contributed by atoms with Gasteiger partial charge in [0.15, 0.2) is 0 Å². The number of nitrogens with one attached hydrogen (secondary N) is 1. The number of nitrogens with two attached hydrogens (primary N) is 1. The summed E-state index contributed by atoms with van der Waals surface area (Å²) >= 11 is 0. The summed E-state index contributed by atoms with van der Waals surface area (Å²) in [5.74, 6) is -1.96. The molecule has 2 amide bonds. The average molecular weight is 291 g/mol. The number of nitrogens with zero attached hydrogens (tertiary/aromatic N) is 1. The number of carboxylic acid groups (broad SMARTS) is 1. The van der Waals surface area contributed by atoms with Gasteiger partial charge >= 0.3 is 5.97 Å². The number of carbonyl (C=O) groups excluding carboxylic acids is 2. The summed E-state index contributed by atoms with van der Waals surface area (Å²) in [5.41, 5.74) is 7.47. The number of hydrogen-bond acceptors (Lipinski definition) is 4. The Morgan fingerprint density at radius 3 is 2.81 bits per heavy atom. The third-order valence-corrected chi connectivity index (χ3v) is 3.49. The smallest absolute Gasteiger partial charge is 0.305 e. The molecule has 2 rings (SSSR count). The first kappa shape index (κ1) is 14.8. The fourth-order valence-electron chi connectivity index (χ4n) is 2.27. The lowest BCUT2D eigenvalue weighted by molar-refractivity contribution is -0.142. The number of benzene rings is 1. The minimum absolute atomic E-state index is 0.274. The minimum Gasteiger partial charge on any atom is -0.481 e. The van der Waals surface area contributed by atoms with Crippen LogP contribution in [0.3, 0.4) is 0 Å². The van der Waals surface area contributed by atoms with Crippen LogP contribution in [-0.2, 0) is 9.59 Å².